The Hall–Kier alpha value is -2.99. The topological polar surface area (TPSA) is 106 Å². The smallest absolute Gasteiger partial charge is 0.405 e. The standard InChI is InChI=1S/C20H20F5N3O4/c21-12-3-2-11(15(22)16(12)23)13-6-10(8-29)14(7-26-13)28-5-1-4-20(9-28,27-19(31)32)17(30)18(24)25/h2-3,6-7,17-18,27,29-30H,1,4-5,8-9H2,(H,31,32). The van der Waals surface area contributed by atoms with E-state index in [0.29, 0.717) is 0 Å². The Labute approximate surface area is 179 Å². The average Bonchev–Trinajstić information content (AvgIpc) is 2.76. The number of halogens is 5. The minimum Gasteiger partial charge on any atom is -0.465 e. The lowest BCUT2D eigenvalue weighted by Gasteiger charge is -2.46. The molecule has 174 valence electrons. The third kappa shape index (κ3) is 4.46. The second-order valence-corrected chi connectivity index (χ2v) is 7.47. The van der Waals surface area contributed by atoms with Gasteiger partial charge < -0.3 is 25.5 Å². The number of rotatable bonds is 6. The molecule has 2 aromatic rings. The number of aliphatic hydroxyl groups excluding tert-OH is 2. The Bertz CT molecular complexity index is 1010. The molecule has 1 aliphatic rings. The van der Waals surface area contributed by atoms with Crippen molar-refractivity contribution in [3.05, 3.63) is 47.4 Å². The van der Waals surface area contributed by atoms with Crippen LogP contribution < -0.4 is 10.2 Å². The van der Waals surface area contributed by atoms with Crippen LogP contribution in [0, 0.1) is 17.5 Å². The van der Waals surface area contributed by atoms with Crippen molar-refractivity contribution >= 4 is 11.8 Å². The molecule has 1 saturated heterocycles. The molecule has 1 aromatic heterocycles. The Kier molecular flexibility index (Phi) is 6.84. The average molecular weight is 461 g/mol. The van der Waals surface area contributed by atoms with Crippen LogP contribution in [0.25, 0.3) is 11.3 Å². The molecule has 0 spiro atoms. The highest BCUT2D eigenvalue weighted by molar-refractivity contribution is 5.67. The second kappa shape index (κ2) is 9.25. The quantitative estimate of drug-likeness (QED) is 0.390. The zero-order chi connectivity index (χ0) is 23.6. The fourth-order valence-corrected chi connectivity index (χ4v) is 3.93. The third-order valence-corrected chi connectivity index (χ3v) is 5.47. The molecule has 32 heavy (non-hydrogen) atoms. The highest BCUT2D eigenvalue weighted by Crippen LogP contribution is 2.34. The van der Waals surface area contributed by atoms with E-state index in [1.54, 1.807) is 0 Å². The molecule has 4 N–H and O–H groups in total. The first kappa shape index (κ1) is 23.7. The van der Waals surface area contributed by atoms with E-state index in [1.165, 1.54) is 17.2 Å². The predicted molar refractivity (Wildman–Crippen MR) is 103 cm³/mol. The number of nitrogens with zero attached hydrogens (tertiary/aromatic N) is 2. The molecule has 2 heterocycles. The summed E-state index contributed by atoms with van der Waals surface area (Å²) in [5.41, 5.74) is -1.93. The molecule has 1 aliphatic heterocycles. The lowest BCUT2D eigenvalue weighted by atomic mass is 9.83. The number of hydrogen-bond donors (Lipinski definition) is 4. The number of aromatic nitrogens is 1. The molecular weight excluding hydrogens is 441 g/mol. The molecule has 2 unspecified atom stereocenters. The monoisotopic (exact) mass is 461 g/mol. The predicted octanol–water partition coefficient (Wildman–Crippen LogP) is 2.89. The van der Waals surface area contributed by atoms with E-state index >= 15 is 0 Å². The van der Waals surface area contributed by atoms with E-state index in [0.717, 1.165) is 12.1 Å². The van der Waals surface area contributed by atoms with Gasteiger partial charge in [0.15, 0.2) is 17.5 Å². The van der Waals surface area contributed by atoms with Crippen LogP contribution in [0.2, 0.25) is 0 Å². The summed E-state index contributed by atoms with van der Waals surface area (Å²) >= 11 is 0. The van der Waals surface area contributed by atoms with E-state index in [1.807, 2.05) is 5.32 Å². The van der Waals surface area contributed by atoms with Crippen LogP contribution in [-0.2, 0) is 6.61 Å². The molecule has 3 rings (SSSR count). The molecule has 0 radical (unpaired) electrons. The molecule has 0 aliphatic carbocycles. The number of carbonyl (C=O) groups is 1. The van der Waals surface area contributed by atoms with Crippen LogP contribution in [0.15, 0.2) is 24.4 Å². The molecule has 2 atom stereocenters. The van der Waals surface area contributed by atoms with Gasteiger partial charge in [0, 0.05) is 24.2 Å². The fraction of sp³-hybridized carbons (Fsp3) is 0.400. The van der Waals surface area contributed by atoms with Gasteiger partial charge in [0.1, 0.15) is 6.10 Å². The van der Waals surface area contributed by atoms with Gasteiger partial charge in [0.25, 0.3) is 6.43 Å². The maximum atomic E-state index is 14.1. The first-order valence-corrected chi connectivity index (χ1v) is 9.55. The molecular formula is C20H20F5N3O4. The summed E-state index contributed by atoms with van der Waals surface area (Å²) in [5, 5.41) is 31.0. The van der Waals surface area contributed by atoms with Gasteiger partial charge >= 0.3 is 6.09 Å². The number of piperidine rings is 1. The fourth-order valence-electron chi connectivity index (χ4n) is 3.93. The van der Waals surface area contributed by atoms with Crippen molar-refractivity contribution in [2.24, 2.45) is 0 Å². The highest BCUT2D eigenvalue weighted by atomic mass is 19.3. The van der Waals surface area contributed by atoms with Gasteiger partial charge in [-0.1, -0.05) is 0 Å². The number of carboxylic acid groups (broad SMARTS) is 1. The van der Waals surface area contributed by atoms with Crippen molar-refractivity contribution in [1.29, 1.82) is 0 Å². The van der Waals surface area contributed by atoms with Gasteiger partial charge in [-0.3, -0.25) is 4.98 Å². The summed E-state index contributed by atoms with van der Waals surface area (Å²) in [5.74, 6) is -4.52. The van der Waals surface area contributed by atoms with Crippen molar-refractivity contribution in [1.82, 2.24) is 10.3 Å². The summed E-state index contributed by atoms with van der Waals surface area (Å²) in [4.78, 5) is 16.7. The number of benzene rings is 1. The number of anilines is 1. The Morgan fingerprint density at radius 2 is 1.97 bits per heavy atom. The van der Waals surface area contributed by atoms with E-state index in [9.17, 15) is 37.0 Å². The molecule has 0 saturated carbocycles. The van der Waals surface area contributed by atoms with E-state index in [-0.39, 0.29) is 48.4 Å². The SMILES string of the molecule is O=C(O)NC1(C(O)C(F)F)CCCN(c2cnc(-c3ccc(F)c(F)c3F)cc2CO)C1. The Balaban J connectivity index is 1.99. The van der Waals surface area contributed by atoms with Crippen molar-refractivity contribution in [3.8, 4) is 11.3 Å². The zero-order valence-corrected chi connectivity index (χ0v) is 16.5. The van der Waals surface area contributed by atoms with Crippen LogP contribution in [-0.4, -0.2) is 57.6 Å². The van der Waals surface area contributed by atoms with Gasteiger partial charge in [0.2, 0.25) is 0 Å². The number of nitrogens with one attached hydrogen (secondary N) is 1. The first-order valence-electron chi connectivity index (χ1n) is 9.55. The van der Waals surface area contributed by atoms with Gasteiger partial charge in [-0.15, -0.1) is 0 Å². The van der Waals surface area contributed by atoms with Crippen molar-refractivity contribution < 1.29 is 42.1 Å². The minimum atomic E-state index is -3.21. The maximum Gasteiger partial charge on any atom is 0.405 e. The summed E-state index contributed by atoms with van der Waals surface area (Å²) in [6.07, 6.45) is -5.72. The van der Waals surface area contributed by atoms with Gasteiger partial charge in [-0.05, 0) is 31.0 Å². The van der Waals surface area contributed by atoms with Crippen LogP contribution >= 0.6 is 0 Å². The lowest BCUT2D eigenvalue weighted by Crippen LogP contribution is -2.66. The first-order chi connectivity index (χ1) is 15.1. The molecule has 7 nitrogen and oxygen atoms in total. The number of amides is 1. The van der Waals surface area contributed by atoms with E-state index in [4.69, 9.17) is 5.11 Å². The second-order valence-electron chi connectivity index (χ2n) is 7.47. The third-order valence-electron chi connectivity index (χ3n) is 5.47. The molecule has 1 fully saturated rings. The number of pyridine rings is 1. The maximum absolute atomic E-state index is 14.1. The van der Waals surface area contributed by atoms with Crippen LogP contribution in [0.4, 0.5) is 32.4 Å². The molecule has 0 bridgehead atoms. The van der Waals surface area contributed by atoms with Crippen LogP contribution in [0.5, 0.6) is 0 Å². The number of aliphatic hydroxyl groups is 2. The number of hydrogen-bond acceptors (Lipinski definition) is 5. The highest BCUT2D eigenvalue weighted by Gasteiger charge is 2.47. The molecule has 1 amide bonds. The Morgan fingerprint density at radius 1 is 1.25 bits per heavy atom. The summed E-state index contributed by atoms with van der Waals surface area (Å²) in [6.45, 7) is -0.672. The van der Waals surface area contributed by atoms with Crippen molar-refractivity contribution in [2.45, 2.75) is 37.5 Å². The van der Waals surface area contributed by atoms with Crippen molar-refractivity contribution in [3.63, 3.8) is 0 Å². The zero-order valence-electron chi connectivity index (χ0n) is 16.5. The largest absolute Gasteiger partial charge is 0.465 e. The summed E-state index contributed by atoms with van der Waals surface area (Å²) < 4.78 is 67.5. The molecule has 1 aromatic carbocycles. The van der Waals surface area contributed by atoms with Gasteiger partial charge in [0.05, 0.1) is 29.7 Å². The van der Waals surface area contributed by atoms with E-state index < -0.39 is 48.2 Å². The minimum absolute atomic E-state index is 0.0542. The Morgan fingerprint density at radius 3 is 2.59 bits per heavy atom. The van der Waals surface area contributed by atoms with E-state index in [2.05, 4.69) is 4.98 Å². The number of alkyl halides is 2. The van der Waals surface area contributed by atoms with Gasteiger partial charge in [-0.2, -0.15) is 0 Å². The molecule has 12 heteroatoms. The van der Waals surface area contributed by atoms with Crippen LogP contribution in [0.1, 0.15) is 18.4 Å². The normalized spacial score (nSPS) is 19.8. The lowest BCUT2D eigenvalue weighted by molar-refractivity contribution is -0.0627. The summed E-state index contributed by atoms with van der Waals surface area (Å²) in [7, 11) is 0. The van der Waals surface area contributed by atoms with Crippen LogP contribution in [0.3, 0.4) is 0 Å². The summed E-state index contributed by atoms with van der Waals surface area (Å²) in [6, 6.07) is 2.94. The van der Waals surface area contributed by atoms with Gasteiger partial charge in [-0.25, -0.2) is 26.7 Å². The van der Waals surface area contributed by atoms with Crippen molar-refractivity contribution in [2.75, 3.05) is 18.0 Å².